The van der Waals surface area contributed by atoms with E-state index in [-0.39, 0.29) is 0 Å². The summed E-state index contributed by atoms with van der Waals surface area (Å²) >= 11 is 0. The number of aliphatic imine (C=N–C) groups is 1. The number of hydrogen-bond donors (Lipinski definition) is 0. The van der Waals surface area contributed by atoms with Crippen molar-refractivity contribution in [1.82, 2.24) is 14.8 Å². The summed E-state index contributed by atoms with van der Waals surface area (Å²) in [5.41, 5.74) is 0.933. The number of allylic oxidation sites excluding steroid dienone is 1. The Morgan fingerprint density at radius 2 is 2.38 bits per heavy atom. The fraction of sp³-hybridized carbons (Fsp3) is 0.444. The van der Waals surface area contributed by atoms with Crippen LogP contribution in [0.3, 0.4) is 0 Å². The predicted octanol–water partition coefficient (Wildman–Crippen LogP) is 1.74. The molecule has 0 N–H and O–H groups in total. The van der Waals surface area contributed by atoms with E-state index in [1.54, 1.807) is 6.33 Å². The molecule has 0 unspecified atom stereocenters. The van der Waals surface area contributed by atoms with Gasteiger partial charge in [-0.1, -0.05) is 13.8 Å². The Balaban J connectivity index is 2.98. The van der Waals surface area contributed by atoms with E-state index in [0.717, 1.165) is 11.5 Å². The smallest absolute Gasteiger partial charge is 0.133 e. The van der Waals surface area contributed by atoms with Crippen molar-refractivity contribution in [1.29, 1.82) is 0 Å². The number of aryl methyl sites for hydroxylation is 1. The summed E-state index contributed by atoms with van der Waals surface area (Å²) in [6.45, 7) is 9.55. The average molecular weight is 178 g/mol. The lowest BCUT2D eigenvalue weighted by Crippen LogP contribution is -1.95. The van der Waals surface area contributed by atoms with Crippen molar-refractivity contribution in [2.75, 3.05) is 0 Å². The molecule has 0 aliphatic carbocycles. The minimum atomic E-state index is 0.360. The molecule has 70 valence electrons. The number of aromatic nitrogens is 3. The van der Waals surface area contributed by atoms with E-state index >= 15 is 0 Å². The van der Waals surface area contributed by atoms with Gasteiger partial charge in [0.2, 0.25) is 0 Å². The molecule has 1 rings (SSSR count). The van der Waals surface area contributed by atoms with Gasteiger partial charge in [0.15, 0.2) is 0 Å². The molecule has 0 aliphatic rings. The van der Waals surface area contributed by atoms with E-state index in [9.17, 15) is 0 Å². The predicted molar refractivity (Wildman–Crippen MR) is 53.4 cm³/mol. The monoisotopic (exact) mass is 178 g/mol. The molecule has 0 aromatic carbocycles. The second-order valence-electron chi connectivity index (χ2n) is 3.15. The Hall–Kier alpha value is -1.45. The van der Waals surface area contributed by atoms with Gasteiger partial charge in [-0.3, -0.25) is 9.56 Å². The summed E-state index contributed by atoms with van der Waals surface area (Å²) in [4.78, 5) is 3.94. The summed E-state index contributed by atoms with van der Waals surface area (Å²) in [6, 6.07) is 0. The molecule has 4 nitrogen and oxygen atoms in total. The highest BCUT2D eigenvalue weighted by molar-refractivity contribution is 5.38. The Bertz CT molecular complexity index is 322. The summed E-state index contributed by atoms with van der Waals surface area (Å²) < 4.78 is 1.84. The van der Waals surface area contributed by atoms with Gasteiger partial charge in [0.25, 0.3) is 0 Å². The van der Waals surface area contributed by atoms with Crippen LogP contribution in [0.5, 0.6) is 0 Å². The molecular formula is C9H14N4. The summed E-state index contributed by atoms with van der Waals surface area (Å²) in [5.74, 6) is 1.21. The maximum atomic E-state index is 3.94. The molecule has 0 bridgehead atoms. The number of rotatable bonds is 3. The van der Waals surface area contributed by atoms with Gasteiger partial charge in [0.1, 0.15) is 12.2 Å². The zero-order valence-corrected chi connectivity index (χ0v) is 8.23. The zero-order chi connectivity index (χ0) is 9.84. The SMILES string of the molecule is C=N/C(=C\n1cnnc1C)C(C)C. The van der Waals surface area contributed by atoms with Crippen LogP contribution in [-0.4, -0.2) is 21.5 Å². The van der Waals surface area contributed by atoms with Crippen molar-refractivity contribution in [3.63, 3.8) is 0 Å². The van der Waals surface area contributed by atoms with Gasteiger partial charge in [-0.25, -0.2) is 0 Å². The van der Waals surface area contributed by atoms with Crippen LogP contribution in [0.25, 0.3) is 6.20 Å². The van der Waals surface area contributed by atoms with Crippen molar-refractivity contribution >= 4 is 12.9 Å². The molecule has 0 atom stereocenters. The standard InChI is InChI=1S/C9H14N4/c1-7(2)9(10-4)5-13-6-11-12-8(13)3/h5-7H,4H2,1-3H3/b9-5-. The fourth-order valence-electron chi connectivity index (χ4n) is 0.942. The third-order valence-electron chi connectivity index (χ3n) is 1.80. The Kier molecular flexibility index (Phi) is 2.95. The molecule has 0 aliphatic heterocycles. The second kappa shape index (κ2) is 3.98. The quantitative estimate of drug-likeness (QED) is 0.662. The summed E-state index contributed by atoms with van der Waals surface area (Å²) in [7, 11) is 0. The zero-order valence-electron chi connectivity index (χ0n) is 8.23. The van der Waals surface area contributed by atoms with Gasteiger partial charge in [-0.2, -0.15) is 0 Å². The first-order valence-electron chi connectivity index (χ1n) is 4.19. The maximum Gasteiger partial charge on any atom is 0.133 e. The van der Waals surface area contributed by atoms with Gasteiger partial charge in [0.05, 0.1) is 5.70 Å². The van der Waals surface area contributed by atoms with Gasteiger partial charge in [-0.05, 0) is 19.6 Å². The molecule has 1 aromatic heterocycles. The molecule has 1 aromatic rings. The third-order valence-corrected chi connectivity index (χ3v) is 1.80. The summed E-state index contributed by atoms with van der Waals surface area (Å²) in [6.07, 6.45) is 3.55. The topological polar surface area (TPSA) is 43.1 Å². The van der Waals surface area contributed by atoms with E-state index in [0.29, 0.717) is 5.92 Å². The molecule has 4 heteroatoms. The highest BCUT2D eigenvalue weighted by Gasteiger charge is 2.01. The van der Waals surface area contributed by atoms with Crippen LogP contribution in [0.15, 0.2) is 17.0 Å². The van der Waals surface area contributed by atoms with Crippen molar-refractivity contribution in [3.8, 4) is 0 Å². The van der Waals surface area contributed by atoms with Crippen molar-refractivity contribution in [2.24, 2.45) is 10.9 Å². The van der Waals surface area contributed by atoms with E-state index in [1.807, 2.05) is 17.7 Å². The van der Waals surface area contributed by atoms with Crippen LogP contribution in [0.2, 0.25) is 0 Å². The van der Waals surface area contributed by atoms with Gasteiger partial charge < -0.3 is 0 Å². The first-order chi connectivity index (χ1) is 6.15. The molecule has 0 spiro atoms. The first kappa shape index (κ1) is 9.64. The number of hydrogen-bond acceptors (Lipinski definition) is 3. The van der Waals surface area contributed by atoms with Gasteiger partial charge in [-0.15, -0.1) is 10.2 Å². The Morgan fingerprint density at radius 1 is 1.69 bits per heavy atom. The van der Waals surface area contributed by atoms with Crippen LogP contribution in [0.1, 0.15) is 19.7 Å². The van der Waals surface area contributed by atoms with Crippen LogP contribution in [-0.2, 0) is 0 Å². The molecule has 0 radical (unpaired) electrons. The lowest BCUT2D eigenvalue weighted by Gasteiger charge is -2.05. The minimum Gasteiger partial charge on any atom is -0.291 e. The minimum absolute atomic E-state index is 0.360. The molecular weight excluding hydrogens is 164 g/mol. The molecule has 13 heavy (non-hydrogen) atoms. The highest BCUT2D eigenvalue weighted by atomic mass is 15.2. The van der Waals surface area contributed by atoms with Crippen LogP contribution < -0.4 is 0 Å². The van der Waals surface area contributed by atoms with Crippen LogP contribution in [0, 0.1) is 12.8 Å². The Labute approximate surface area is 78.0 Å². The maximum absolute atomic E-state index is 3.94. The second-order valence-corrected chi connectivity index (χ2v) is 3.15. The van der Waals surface area contributed by atoms with E-state index in [1.165, 1.54) is 0 Å². The van der Waals surface area contributed by atoms with E-state index < -0.39 is 0 Å². The fourth-order valence-corrected chi connectivity index (χ4v) is 0.942. The van der Waals surface area contributed by atoms with E-state index in [4.69, 9.17) is 0 Å². The molecule has 0 saturated carbocycles. The number of nitrogens with zero attached hydrogens (tertiary/aromatic N) is 4. The molecule has 0 amide bonds. The summed E-state index contributed by atoms with van der Waals surface area (Å²) in [5, 5.41) is 7.64. The first-order valence-corrected chi connectivity index (χ1v) is 4.19. The average Bonchev–Trinajstić information content (AvgIpc) is 2.46. The van der Waals surface area contributed by atoms with Gasteiger partial charge in [0, 0.05) is 6.20 Å². The lowest BCUT2D eigenvalue weighted by atomic mass is 10.1. The van der Waals surface area contributed by atoms with Crippen molar-refractivity contribution < 1.29 is 0 Å². The molecule has 1 heterocycles. The van der Waals surface area contributed by atoms with Crippen molar-refractivity contribution in [2.45, 2.75) is 20.8 Å². The van der Waals surface area contributed by atoms with Gasteiger partial charge >= 0.3 is 0 Å². The van der Waals surface area contributed by atoms with Crippen molar-refractivity contribution in [3.05, 3.63) is 17.8 Å². The van der Waals surface area contributed by atoms with E-state index in [2.05, 4.69) is 35.8 Å². The Morgan fingerprint density at radius 3 is 2.77 bits per heavy atom. The third kappa shape index (κ3) is 2.24. The van der Waals surface area contributed by atoms with Crippen LogP contribution >= 0.6 is 0 Å². The molecule has 0 fully saturated rings. The highest BCUT2D eigenvalue weighted by Crippen LogP contribution is 2.11. The molecule has 0 saturated heterocycles. The normalized spacial score (nSPS) is 12.2. The lowest BCUT2D eigenvalue weighted by molar-refractivity contribution is 0.759. The largest absolute Gasteiger partial charge is 0.291 e. The van der Waals surface area contributed by atoms with Crippen LogP contribution in [0.4, 0.5) is 0 Å².